The molecule has 26 heavy (non-hydrogen) atoms. The first kappa shape index (κ1) is 30.1. The van der Waals surface area contributed by atoms with Crippen molar-refractivity contribution in [3.63, 3.8) is 0 Å². The van der Waals surface area contributed by atoms with Crippen LogP contribution in [-0.4, -0.2) is 60.6 Å². The van der Waals surface area contributed by atoms with Crippen molar-refractivity contribution in [1.82, 2.24) is 10.6 Å². The first-order valence-electron chi connectivity index (χ1n) is 9.04. The molecule has 3 unspecified atom stereocenters. The molecule has 1 amide bonds. The van der Waals surface area contributed by atoms with E-state index in [1.54, 1.807) is 27.8 Å². The molecule has 0 aliphatic rings. The maximum absolute atomic E-state index is 11.6. The van der Waals surface area contributed by atoms with Crippen LogP contribution in [0.15, 0.2) is 0 Å². The molecule has 4 N–H and O–H groups in total. The van der Waals surface area contributed by atoms with Crippen molar-refractivity contribution in [2.45, 2.75) is 67.5 Å². The van der Waals surface area contributed by atoms with Crippen molar-refractivity contribution < 1.29 is 28.6 Å². The smallest absolute Gasteiger partial charge is 0.329 e. The lowest BCUT2D eigenvalue weighted by Gasteiger charge is -2.29. The fraction of sp³-hybridized carbons (Fsp3) is 0.882. The number of likely N-dealkylation sites (N-methyl/N-ethyl adjacent to an activating group) is 2. The van der Waals surface area contributed by atoms with E-state index in [2.05, 4.69) is 10.6 Å². The van der Waals surface area contributed by atoms with Crippen molar-refractivity contribution >= 4 is 20.3 Å². The van der Waals surface area contributed by atoms with E-state index in [-0.39, 0.29) is 19.0 Å². The molecule has 158 valence electrons. The Kier molecular flexibility index (Phi) is 20.6. The van der Waals surface area contributed by atoms with Gasteiger partial charge in [-0.25, -0.2) is 0 Å². The predicted molar refractivity (Wildman–Crippen MR) is 106 cm³/mol. The van der Waals surface area contributed by atoms with Crippen LogP contribution < -0.4 is 10.6 Å². The number of nitrogens with one attached hydrogen (secondary N) is 2. The number of rotatable bonds is 11. The van der Waals surface area contributed by atoms with Crippen LogP contribution in [0.1, 0.15) is 55.4 Å². The Balaban J connectivity index is -0.00000123. The Labute approximate surface area is 160 Å². The molecule has 0 aromatic heterocycles. The monoisotopic (exact) mass is 398 g/mol. The van der Waals surface area contributed by atoms with Gasteiger partial charge in [-0.2, -0.15) is 0 Å². The van der Waals surface area contributed by atoms with Gasteiger partial charge in [-0.15, -0.1) is 0 Å². The Morgan fingerprint density at radius 3 is 2.04 bits per heavy atom. The maximum atomic E-state index is 11.6. The largest absolute Gasteiger partial charge is 0.383 e. The normalized spacial score (nSPS) is 14.0. The number of hydrogen-bond donors (Lipinski definition) is 4. The Morgan fingerprint density at radius 1 is 1.15 bits per heavy atom. The van der Waals surface area contributed by atoms with Gasteiger partial charge in [-0.1, -0.05) is 41.5 Å². The van der Waals surface area contributed by atoms with Crippen LogP contribution in [0, 0.1) is 5.41 Å². The minimum Gasteiger partial charge on any atom is -0.383 e. The van der Waals surface area contributed by atoms with Crippen LogP contribution in [0.3, 0.4) is 0 Å². The lowest BCUT2D eigenvalue weighted by molar-refractivity contribution is -0.136. The molecular formula is C17H39N2O6P. The van der Waals surface area contributed by atoms with Gasteiger partial charge in [-0.3, -0.25) is 9.59 Å². The number of carbonyl (C=O) groups excluding carboxylic acids is 2. The molecule has 0 aromatic rings. The van der Waals surface area contributed by atoms with Gasteiger partial charge in [0, 0.05) is 12.0 Å². The Morgan fingerprint density at radius 2 is 1.65 bits per heavy atom. The molecule has 0 fully saturated rings. The molecule has 0 aliphatic heterocycles. The van der Waals surface area contributed by atoms with Crippen LogP contribution in [-0.2, 0) is 18.6 Å². The van der Waals surface area contributed by atoms with Crippen LogP contribution in [0.5, 0.6) is 0 Å². The quantitative estimate of drug-likeness (QED) is 0.393. The molecule has 0 aliphatic carbocycles. The van der Waals surface area contributed by atoms with E-state index in [1.165, 1.54) is 6.92 Å². The molecule has 0 rings (SSSR count). The van der Waals surface area contributed by atoms with Gasteiger partial charge in [-0.05, 0) is 20.9 Å². The molecule has 0 aromatic carbocycles. The van der Waals surface area contributed by atoms with Crippen LogP contribution >= 0.6 is 8.60 Å². The van der Waals surface area contributed by atoms with Crippen molar-refractivity contribution in [2.24, 2.45) is 5.41 Å². The van der Waals surface area contributed by atoms with Gasteiger partial charge in [0.2, 0.25) is 5.91 Å². The van der Waals surface area contributed by atoms with E-state index in [1.807, 2.05) is 27.7 Å². The summed E-state index contributed by atoms with van der Waals surface area (Å²) >= 11 is 0. The number of hydrogen-bond acceptors (Lipinski definition) is 7. The summed E-state index contributed by atoms with van der Waals surface area (Å²) in [6.45, 7) is 14.8. The van der Waals surface area contributed by atoms with Crippen LogP contribution in [0.25, 0.3) is 0 Å². The molecule has 0 saturated heterocycles. The highest BCUT2D eigenvalue weighted by molar-refractivity contribution is 7.40. The van der Waals surface area contributed by atoms with Gasteiger partial charge < -0.3 is 29.7 Å². The van der Waals surface area contributed by atoms with Gasteiger partial charge in [0.15, 0.2) is 0 Å². The lowest BCUT2D eigenvalue weighted by atomic mass is 9.87. The maximum Gasteiger partial charge on any atom is 0.329 e. The lowest BCUT2D eigenvalue weighted by Crippen LogP contribution is -2.45. The van der Waals surface area contributed by atoms with Gasteiger partial charge >= 0.3 is 8.60 Å². The van der Waals surface area contributed by atoms with E-state index < -0.39 is 32.1 Å². The van der Waals surface area contributed by atoms with E-state index in [9.17, 15) is 19.6 Å². The zero-order chi connectivity index (χ0) is 21.3. The fourth-order valence-electron chi connectivity index (χ4n) is 1.51. The summed E-state index contributed by atoms with van der Waals surface area (Å²) in [5.74, 6) is -0.607. The molecule has 0 saturated carbocycles. The highest BCUT2D eigenvalue weighted by Gasteiger charge is 2.34. The third-order valence-corrected chi connectivity index (χ3v) is 3.80. The number of aliphatic hydroxyl groups is 1. The number of ketones is 1. The minimum atomic E-state index is -2.19. The average Bonchev–Trinajstić information content (AvgIpc) is 2.63. The number of Topliss-reactive ketones (excluding diaryl/α,β-unsaturated/α-hetero) is 1. The molecule has 9 heteroatoms. The van der Waals surface area contributed by atoms with Gasteiger partial charge in [0.25, 0.3) is 0 Å². The summed E-state index contributed by atoms with van der Waals surface area (Å²) < 4.78 is 10.2. The number of aliphatic hydroxyl groups excluding tert-OH is 1. The molecule has 0 bridgehead atoms. The Bertz CT molecular complexity index is 369. The molecule has 0 spiro atoms. The van der Waals surface area contributed by atoms with Gasteiger partial charge in [0.1, 0.15) is 11.9 Å². The second-order valence-electron chi connectivity index (χ2n) is 5.54. The zero-order valence-electron chi connectivity index (χ0n) is 17.8. The van der Waals surface area contributed by atoms with Crippen LogP contribution in [0.4, 0.5) is 0 Å². The fourth-order valence-corrected chi connectivity index (χ4v) is 2.30. The predicted octanol–water partition coefficient (Wildman–Crippen LogP) is 1.99. The van der Waals surface area contributed by atoms with Crippen molar-refractivity contribution in [3.05, 3.63) is 0 Å². The second kappa shape index (κ2) is 17.8. The summed E-state index contributed by atoms with van der Waals surface area (Å²) in [5.41, 5.74) is -0.894. The molecule has 3 atom stereocenters. The third-order valence-electron chi connectivity index (χ3n) is 3.08. The Hall–Kier alpha value is -0.630. The second-order valence-corrected chi connectivity index (χ2v) is 6.54. The van der Waals surface area contributed by atoms with Crippen molar-refractivity contribution in [3.8, 4) is 0 Å². The standard InChI is InChI=1S/C13H27N2O6P.2C2H6/c1-6-15-12(18)11(17)13(3,4)8-21-22(19)20-7-10(14-5)9(2)16;2*1-2/h10-11,14,17,19H,6-8H2,1-5H3,(H,15,18);2*1-2H3. The highest BCUT2D eigenvalue weighted by atomic mass is 31.2. The summed E-state index contributed by atoms with van der Waals surface area (Å²) in [5, 5.41) is 15.2. The first-order valence-corrected chi connectivity index (χ1v) is 10.2. The summed E-state index contributed by atoms with van der Waals surface area (Å²) in [6, 6.07) is -0.519. The SMILES string of the molecule is CC.CC.CCNC(=O)C(O)C(C)(C)COP(O)OCC(NC)C(C)=O. The zero-order valence-corrected chi connectivity index (χ0v) is 18.6. The molecular weight excluding hydrogens is 359 g/mol. The first-order chi connectivity index (χ1) is 12.2. The van der Waals surface area contributed by atoms with E-state index in [4.69, 9.17) is 9.05 Å². The third kappa shape index (κ3) is 13.6. The highest BCUT2D eigenvalue weighted by Crippen LogP contribution is 2.36. The number of amides is 1. The summed E-state index contributed by atoms with van der Waals surface area (Å²) in [7, 11) is -0.582. The van der Waals surface area contributed by atoms with Gasteiger partial charge in [0.05, 0.1) is 19.3 Å². The summed E-state index contributed by atoms with van der Waals surface area (Å²) in [6.07, 6.45) is -1.27. The van der Waals surface area contributed by atoms with E-state index >= 15 is 0 Å². The molecule has 8 nitrogen and oxygen atoms in total. The van der Waals surface area contributed by atoms with Crippen LogP contribution in [0.2, 0.25) is 0 Å². The molecule has 0 radical (unpaired) electrons. The van der Waals surface area contributed by atoms with E-state index in [0.29, 0.717) is 6.54 Å². The average molecular weight is 398 g/mol. The minimum absolute atomic E-state index is 0.0205. The summed E-state index contributed by atoms with van der Waals surface area (Å²) in [4.78, 5) is 32.5. The van der Waals surface area contributed by atoms with Crippen molar-refractivity contribution in [2.75, 3.05) is 26.8 Å². The van der Waals surface area contributed by atoms with E-state index in [0.717, 1.165) is 0 Å². The topological polar surface area (TPSA) is 117 Å². The number of carbonyl (C=O) groups is 2. The van der Waals surface area contributed by atoms with Crippen molar-refractivity contribution in [1.29, 1.82) is 0 Å². The molecule has 0 heterocycles.